The van der Waals surface area contributed by atoms with Gasteiger partial charge in [-0.2, -0.15) is 0 Å². The van der Waals surface area contributed by atoms with Gasteiger partial charge in [-0.25, -0.2) is 0 Å². The third-order valence-corrected chi connectivity index (χ3v) is 2.60. The second-order valence-corrected chi connectivity index (χ2v) is 4.09. The summed E-state index contributed by atoms with van der Waals surface area (Å²) in [6.07, 6.45) is 6.45. The number of aliphatic hydroxyl groups is 1. The van der Waals surface area contributed by atoms with Crippen molar-refractivity contribution in [2.45, 2.75) is 51.6 Å². The summed E-state index contributed by atoms with van der Waals surface area (Å²) in [5, 5.41) is 16.5. The predicted octanol–water partition coefficient (Wildman–Crippen LogP) is 2.04. The van der Waals surface area contributed by atoms with Crippen LogP contribution < -0.4 is 0 Å². The molecule has 0 aromatic carbocycles. The molecular weight excluding hydrogens is 168 g/mol. The molecule has 2 N–H and O–H groups in total. The predicted molar refractivity (Wildman–Crippen MR) is 51.6 cm³/mol. The largest absolute Gasteiger partial charge is 0.483 e. The molecule has 3 heteroatoms. The summed E-state index contributed by atoms with van der Waals surface area (Å²) in [5.74, 6) is 0.557. The molecule has 1 aliphatic rings. The van der Waals surface area contributed by atoms with Crippen LogP contribution in [0.3, 0.4) is 0 Å². The standard InChI is InChI=1S/C9H18O.CH2O2/c1-9(2,10)8-6-4-3-5-7-8;2-1-3/h8,10H,3-7H2,1-2H3;1H,(H,2,3). The molecule has 0 spiro atoms. The van der Waals surface area contributed by atoms with Crippen LogP contribution in [0.4, 0.5) is 0 Å². The van der Waals surface area contributed by atoms with Crippen LogP contribution in [0.1, 0.15) is 46.0 Å². The van der Waals surface area contributed by atoms with Gasteiger partial charge in [0.2, 0.25) is 0 Å². The molecular formula is C10H20O3. The maximum atomic E-state index is 9.64. The summed E-state index contributed by atoms with van der Waals surface area (Å²) in [5.41, 5.74) is -0.430. The van der Waals surface area contributed by atoms with E-state index in [-0.39, 0.29) is 6.47 Å². The summed E-state index contributed by atoms with van der Waals surface area (Å²) in [6.45, 7) is 3.62. The monoisotopic (exact) mass is 188 g/mol. The zero-order chi connectivity index (χ0) is 10.3. The van der Waals surface area contributed by atoms with E-state index in [2.05, 4.69) is 0 Å². The van der Waals surface area contributed by atoms with Gasteiger partial charge in [0.1, 0.15) is 0 Å². The smallest absolute Gasteiger partial charge is 0.290 e. The van der Waals surface area contributed by atoms with Gasteiger partial charge in [-0.1, -0.05) is 19.3 Å². The second kappa shape index (κ2) is 5.97. The summed E-state index contributed by atoms with van der Waals surface area (Å²) < 4.78 is 0. The molecule has 0 unspecified atom stereocenters. The van der Waals surface area contributed by atoms with Gasteiger partial charge in [0.25, 0.3) is 6.47 Å². The zero-order valence-corrected chi connectivity index (χ0v) is 8.49. The molecule has 13 heavy (non-hydrogen) atoms. The molecule has 0 aromatic heterocycles. The van der Waals surface area contributed by atoms with Gasteiger partial charge in [-0.15, -0.1) is 0 Å². The van der Waals surface area contributed by atoms with Gasteiger partial charge >= 0.3 is 0 Å². The highest BCUT2D eigenvalue weighted by atomic mass is 16.3. The Hall–Kier alpha value is -0.570. The minimum Gasteiger partial charge on any atom is -0.483 e. The topological polar surface area (TPSA) is 57.5 Å². The Morgan fingerprint density at radius 2 is 1.62 bits per heavy atom. The van der Waals surface area contributed by atoms with Crippen molar-refractivity contribution in [3.8, 4) is 0 Å². The number of hydrogen-bond donors (Lipinski definition) is 2. The Morgan fingerprint density at radius 3 is 1.85 bits per heavy atom. The van der Waals surface area contributed by atoms with Crippen molar-refractivity contribution in [3.63, 3.8) is 0 Å². The van der Waals surface area contributed by atoms with Crippen LogP contribution in [0.15, 0.2) is 0 Å². The van der Waals surface area contributed by atoms with Crippen LogP contribution in [0, 0.1) is 5.92 Å². The normalized spacial score (nSPS) is 18.7. The lowest BCUT2D eigenvalue weighted by Crippen LogP contribution is -2.32. The van der Waals surface area contributed by atoms with E-state index in [4.69, 9.17) is 9.90 Å². The Labute approximate surface area is 79.8 Å². The van der Waals surface area contributed by atoms with Crippen LogP contribution in [0.2, 0.25) is 0 Å². The highest BCUT2D eigenvalue weighted by molar-refractivity contribution is 5.32. The number of carbonyl (C=O) groups is 1. The van der Waals surface area contributed by atoms with Gasteiger partial charge < -0.3 is 10.2 Å². The molecule has 0 amide bonds. The van der Waals surface area contributed by atoms with Gasteiger partial charge in [-0.05, 0) is 32.6 Å². The molecule has 1 rings (SSSR count). The van der Waals surface area contributed by atoms with Crippen LogP contribution in [0.25, 0.3) is 0 Å². The van der Waals surface area contributed by atoms with Gasteiger partial charge in [0.05, 0.1) is 5.60 Å². The fourth-order valence-corrected chi connectivity index (χ4v) is 1.81. The van der Waals surface area contributed by atoms with Crippen molar-refractivity contribution < 1.29 is 15.0 Å². The van der Waals surface area contributed by atoms with Crippen LogP contribution in [-0.4, -0.2) is 22.3 Å². The van der Waals surface area contributed by atoms with Crippen LogP contribution >= 0.6 is 0 Å². The third-order valence-electron chi connectivity index (χ3n) is 2.60. The summed E-state index contributed by atoms with van der Waals surface area (Å²) in [4.78, 5) is 8.36. The molecule has 0 bridgehead atoms. The molecule has 0 atom stereocenters. The molecule has 0 aromatic rings. The van der Waals surface area contributed by atoms with Gasteiger partial charge in [0, 0.05) is 0 Å². The molecule has 0 saturated heterocycles. The van der Waals surface area contributed by atoms with Crippen molar-refractivity contribution in [1.29, 1.82) is 0 Å². The van der Waals surface area contributed by atoms with Crippen LogP contribution in [0.5, 0.6) is 0 Å². The number of rotatable bonds is 1. The average Bonchev–Trinajstić information content (AvgIpc) is 2.06. The Bertz CT molecular complexity index is 132. The summed E-state index contributed by atoms with van der Waals surface area (Å²) >= 11 is 0. The highest BCUT2D eigenvalue weighted by Crippen LogP contribution is 2.31. The maximum Gasteiger partial charge on any atom is 0.290 e. The maximum absolute atomic E-state index is 9.64. The van der Waals surface area contributed by atoms with Crippen molar-refractivity contribution >= 4 is 6.47 Å². The lowest BCUT2D eigenvalue weighted by molar-refractivity contribution is -0.122. The highest BCUT2D eigenvalue weighted by Gasteiger charge is 2.27. The lowest BCUT2D eigenvalue weighted by atomic mass is 9.79. The minimum absolute atomic E-state index is 0.250. The zero-order valence-electron chi connectivity index (χ0n) is 8.49. The van der Waals surface area contributed by atoms with E-state index >= 15 is 0 Å². The molecule has 0 radical (unpaired) electrons. The van der Waals surface area contributed by atoms with Crippen molar-refractivity contribution in [3.05, 3.63) is 0 Å². The molecule has 0 heterocycles. The van der Waals surface area contributed by atoms with Gasteiger partial charge in [-0.3, -0.25) is 4.79 Å². The van der Waals surface area contributed by atoms with Crippen molar-refractivity contribution in [2.75, 3.05) is 0 Å². The first-order valence-electron chi connectivity index (χ1n) is 4.82. The molecule has 1 fully saturated rings. The van der Waals surface area contributed by atoms with Crippen molar-refractivity contribution in [1.82, 2.24) is 0 Å². The second-order valence-electron chi connectivity index (χ2n) is 4.09. The molecule has 3 nitrogen and oxygen atoms in total. The SMILES string of the molecule is CC(C)(O)C1CCCCC1.O=CO. The first-order chi connectivity index (χ1) is 6.02. The van der Waals surface area contributed by atoms with E-state index in [0.29, 0.717) is 5.92 Å². The fraction of sp³-hybridized carbons (Fsp3) is 0.900. The van der Waals surface area contributed by atoms with E-state index in [1.54, 1.807) is 0 Å². The molecule has 1 aliphatic carbocycles. The van der Waals surface area contributed by atoms with E-state index in [9.17, 15) is 5.11 Å². The van der Waals surface area contributed by atoms with Crippen molar-refractivity contribution in [2.24, 2.45) is 5.92 Å². The van der Waals surface area contributed by atoms with E-state index in [0.717, 1.165) is 0 Å². The fourth-order valence-electron chi connectivity index (χ4n) is 1.81. The van der Waals surface area contributed by atoms with E-state index < -0.39 is 5.60 Å². The average molecular weight is 188 g/mol. The first-order valence-corrected chi connectivity index (χ1v) is 4.82. The quantitative estimate of drug-likeness (QED) is 0.619. The van der Waals surface area contributed by atoms with Crippen LogP contribution in [-0.2, 0) is 4.79 Å². The summed E-state index contributed by atoms with van der Waals surface area (Å²) in [7, 11) is 0. The molecule has 0 aliphatic heterocycles. The minimum atomic E-state index is -0.430. The van der Waals surface area contributed by atoms with Gasteiger partial charge in [0.15, 0.2) is 0 Å². The first kappa shape index (κ1) is 12.4. The van der Waals surface area contributed by atoms with E-state index in [1.807, 2.05) is 13.8 Å². The summed E-state index contributed by atoms with van der Waals surface area (Å²) in [6, 6.07) is 0. The Balaban J connectivity index is 0.000000424. The Morgan fingerprint density at radius 1 is 1.23 bits per heavy atom. The van der Waals surface area contributed by atoms with E-state index in [1.165, 1.54) is 32.1 Å². The number of hydrogen-bond acceptors (Lipinski definition) is 2. The molecule has 1 saturated carbocycles. The lowest BCUT2D eigenvalue weighted by Gasteiger charge is -2.32. The third kappa shape index (κ3) is 5.64. The number of carboxylic acid groups (broad SMARTS) is 1. The Kier molecular flexibility index (Phi) is 5.71. The molecule has 78 valence electrons.